The van der Waals surface area contributed by atoms with Gasteiger partial charge in [-0.3, -0.25) is 10.1 Å². The predicted octanol–water partition coefficient (Wildman–Crippen LogP) is 5.62. The van der Waals surface area contributed by atoms with Crippen LogP contribution in [0.25, 0.3) is 0 Å². The Kier molecular flexibility index (Phi) is 6.13. The van der Waals surface area contributed by atoms with E-state index in [1.54, 1.807) is 29.3 Å². The average Bonchev–Trinajstić information content (AvgIpc) is 2.80. The van der Waals surface area contributed by atoms with Gasteiger partial charge in [0.2, 0.25) is 11.6 Å². The second kappa shape index (κ2) is 9.31. The summed E-state index contributed by atoms with van der Waals surface area (Å²) in [7, 11) is 0. The highest BCUT2D eigenvalue weighted by Gasteiger charge is 2.29. The van der Waals surface area contributed by atoms with Gasteiger partial charge in [-0.1, -0.05) is 48.5 Å². The maximum absolute atomic E-state index is 12.1. The second-order valence-corrected chi connectivity index (χ2v) is 7.37. The Morgan fingerprint density at radius 3 is 2.39 bits per heavy atom. The quantitative estimate of drug-likeness (QED) is 0.272. The first-order valence-electron chi connectivity index (χ1n) is 9.37. The summed E-state index contributed by atoms with van der Waals surface area (Å²) in [5.74, 6) is 0.785. The molecule has 2 heterocycles. The monoisotopic (exact) mass is 476 g/mol. The molecule has 4 rings (SSSR count). The van der Waals surface area contributed by atoms with Crippen molar-refractivity contribution in [3.05, 3.63) is 105 Å². The number of rotatable bonds is 7. The van der Waals surface area contributed by atoms with E-state index in [0.29, 0.717) is 18.1 Å². The minimum atomic E-state index is -0.477. The molecule has 0 saturated heterocycles. The van der Waals surface area contributed by atoms with Gasteiger partial charge < -0.3 is 10.2 Å². The molecule has 1 N–H and O–H groups in total. The summed E-state index contributed by atoms with van der Waals surface area (Å²) < 4.78 is 0.760. The SMILES string of the molecule is O=[N+]([O-])c1c(Nc2ccccc2Br)ncnc1N(Cc1ccccc1)c1ccccn1. The fourth-order valence-corrected chi connectivity index (χ4v) is 3.44. The number of para-hydroxylation sites is 1. The number of pyridine rings is 1. The van der Waals surface area contributed by atoms with Gasteiger partial charge in [-0.2, -0.15) is 0 Å². The van der Waals surface area contributed by atoms with Gasteiger partial charge in [-0.25, -0.2) is 15.0 Å². The van der Waals surface area contributed by atoms with Gasteiger partial charge in [-0.05, 0) is 45.8 Å². The smallest absolute Gasteiger partial charge is 0.333 e. The largest absolute Gasteiger partial charge is 0.354 e. The van der Waals surface area contributed by atoms with Crippen molar-refractivity contribution in [1.82, 2.24) is 15.0 Å². The molecule has 0 amide bonds. The fraction of sp³-hybridized carbons (Fsp3) is 0.0455. The average molecular weight is 477 g/mol. The Morgan fingerprint density at radius 2 is 1.68 bits per heavy atom. The van der Waals surface area contributed by atoms with Crippen molar-refractivity contribution in [2.75, 3.05) is 10.2 Å². The maximum Gasteiger partial charge on any atom is 0.354 e. The number of hydrogen-bond acceptors (Lipinski definition) is 7. The van der Waals surface area contributed by atoms with Crippen LogP contribution >= 0.6 is 15.9 Å². The van der Waals surface area contributed by atoms with Crippen LogP contribution in [-0.4, -0.2) is 19.9 Å². The molecule has 2 aromatic carbocycles. The molecule has 9 heteroatoms. The van der Waals surface area contributed by atoms with E-state index >= 15 is 0 Å². The van der Waals surface area contributed by atoms with Crippen LogP contribution in [-0.2, 0) is 6.54 Å². The minimum Gasteiger partial charge on any atom is -0.333 e. The lowest BCUT2D eigenvalue weighted by atomic mass is 10.2. The number of anilines is 4. The molecule has 2 aromatic heterocycles. The van der Waals surface area contributed by atoms with Gasteiger partial charge in [0.05, 0.1) is 17.2 Å². The minimum absolute atomic E-state index is 0.0934. The van der Waals surface area contributed by atoms with Gasteiger partial charge in [-0.15, -0.1) is 0 Å². The molecule has 0 saturated carbocycles. The van der Waals surface area contributed by atoms with Gasteiger partial charge in [0.25, 0.3) is 0 Å². The lowest BCUT2D eigenvalue weighted by Gasteiger charge is -2.23. The molecule has 0 aliphatic heterocycles. The molecule has 0 aliphatic rings. The van der Waals surface area contributed by atoms with Crippen molar-refractivity contribution in [3.8, 4) is 0 Å². The van der Waals surface area contributed by atoms with Crippen molar-refractivity contribution in [2.24, 2.45) is 0 Å². The third-order valence-electron chi connectivity index (χ3n) is 4.48. The number of nitrogens with zero attached hydrogens (tertiary/aromatic N) is 5. The number of nitrogens with one attached hydrogen (secondary N) is 1. The summed E-state index contributed by atoms with van der Waals surface area (Å²) in [5.41, 5.74) is 1.38. The van der Waals surface area contributed by atoms with Gasteiger partial charge in [0.1, 0.15) is 12.1 Å². The van der Waals surface area contributed by atoms with Crippen molar-refractivity contribution in [1.29, 1.82) is 0 Å². The van der Waals surface area contributed by atoms with E-state index in [1.807, 2.05) is 54.6 Å². The Balaban J connectivity index is 1.83. The van der Waals surface area contributed by atoms with Gasteiger partial charge in [0.15, 0.2) is 0 Å². The highest BCUT2D eigenvalue weighted by Crippen LogP contribution is 2.38. The molecule has 0 spiro atoms. The van der Waals surface area contributed by atoms with E-state index in [0.717, 1.165) is 10.0 Å². The standard InChI is InChI=1S/C22H17BrN6O2/c23-17-10-4-5-11-18(17)27-21-20(29(30)31)22(26-15-25-21)28(19-12-6-7-13-24-19)14-16-8-2-1-3-9-16/h1-13,15H,14H2,(H,25,26,27). The van der Waals surface area contributed by atoms with Crippen molar-refractivity contribution in [2.45, 2.75) is 6.54 Å². The first kappa shape index (κ1) is 20.4. The van der Waals surface area contributed by atoms with Gasteiger partial charge >= 0.3 is 5.69 Å². The highest BCUT2D eigenvalue weighted by molar-refractivity contribution is 9.10. The summed E-state index contributed by atoms with van der Waals surface area (Å²) in [6.07, 6.45) is 2.95. The van der Waals surface area contributed by atoms with Crippen molar-refractivity contribution >= 4 is 44.8 Å². The normalized spacial score (nSPS) is 10.5. The first-order chi connectivity index (χ1) is 15.1. The van der Waals surface area contributed by atoms with E-state index < -0.39 is 4.92 Å². The van der Waals surface area contributed by atoms with Crippen LogP contribution in [0.15, 0.2) is 89.8 Å². The summed E-state index contributed by atoms with van der Waals surface area (Å²) in [6.45, 7) is 0.351. The van der Waals surface area contributed by atoms with Crippen LogP contribution in [0.1, 0.15) is 5.56 Å². The molecule has 0 unspecified atom stereocenters. The van der Waals surface area contributed by atoms with Crippen LogP contribution in [0, 0.1) is 10.1 Å². The molecular weight excluding hydrogens is 460 g/mol. The summed E-state index contributed by atoms with van der Waals surface area (Å²) in [6, 6.07) is 22.4. The fourth-order valence-electron chi connectivity index (χ4n) is 3.06. The van der Waals surface area contributed by atoms with E-state index in [-0.39, 0.29) is 17.3 Å². The van der Waals surface area contributed by atoms with Crippen molar-refractivity contribution in [3.63, 3.8) is 0 Å². The van der Waals surface area contributed by atoms with E-state index in [9.17, 15) is 10.1 Å². The number of nitro groups is 1. The molecular formula is C22H17BrN6O2. The zero-order valence-corrected chi connectivity index (χ0v) is 17.8. The Bertz CT molecular complexity index is 1190. The number of aromatic nitrogens is 3. The third-order valence-corrected chi connectivity index (χ3v) is 5.17. The van der Waals surface area contributed by atoms with Gasteiger partial charge in [0, 0.05) is 10.7 Å². The molecule has 0 aliphatic carbocycles. The maximum atomic E-state index is 12.1. The van der Waals surface area contributed by atoms with E-state index in [4.69, 9.17) is 0 Å². The third kappa shape index (κ3) is 4.67. The van der Waals surface area contributed by atoms with E-state index in [1.165, 1.54) is 6.33 Å². The highest BCUT2D eigenvalue weighted by atomic mass is 79.9. The van der Waals surface area contributed by atoms with Crippen LogP contribution < -0.4 is 10.2 Å². The molecule has 0 radical (unpaired) electrons. The first-order valence-corrected chi connectivity index (χ1v) is 10.2. The molecule has 0 bridgehead atoms. The van der Waals surface area contributed by atoms with E-state index in [2.05, 4.69) is 36.2 Å². The van der Waals surface area contributed by atoms with Crippen LogP contribution in [0.4, 0.5) is 28.8 Å². The Morgan fingerprint density at radius 1 is 0.935 bits per heavy atom. The number of halogens is 1. The zero-order valence-electron chi connectivity index (χ0n) is 16.2. The summed E-state index contributed by atoms with van der Waals surface area (Å²) in [4.78, 5) is 26.2. The van der Waals surface area contributed by atoms with Crippen LogP contribution in [0.3, 0.4) is 0 Å². The molecule has 0 atom stereocenters. The number of benzene rings is 2. The lowest BCUT2D eigenvalue weighted by Crippen LogP contribution is -2.21. The van der Waals surface area contributed by atoms with Crippen LogP contribution in [0.2, 0.25) is 0 Å². The second-order valence-electron chi connectivity index (χ2n) is 6.52. The topological polar surface area (TPSA) is 97.1 Å². The predicted molar refractivity (Wildman–Crippen MR) is 123 cm³/mol. The Labute approximate surface area is 186 Å². The zero-order chi connectivity index (χ0) is 21.6. The molecule has 0 fully saturated rings. The summed E-state index contributed by atoms with van der Waals surface area (Å²) >= 11 is 3.45. The Hall–Kier alpha value is -3.85. The van der Waals surface area contributed by atoms with Crippen molar-refractivity contribution < 1.29 is 4.92 Å². The number of hydrogen-bond donors (Lipinski definition) is 1. The summed E-state index contributed by atoms with van der Waals surface area (Å²) in [5, 5.41) is 15.2. The lowest BCUT2D eigenvalue weighted by molar-refractivity contribution is -0.383. The van der Waals surface area contributed by atoms with Crippen LogP contribution in [0.5, 0.6) is 0 Å². The molecule has 4 aromatic rings. The molecule has 154 valence electrons. The molecule has 8 nitrogen and oxygen atoms in total. The molecule has 31 heavy (non-hydrogen) atoms.